The van der Waals surface area contributed by atoms with Crippen molar-refractivity contribution in [1.82, 2.24) is 20.2 Å². The van der Waals surface area contributed by atoms with Crippen LogP contribution in [0.5, 0.6) is 0 Å². The van der Waals surface area contributed by atoms with Crippen molar-refractivity contribution in [1.29, 1.82) is 0 Å². The van der Waals surface area contributed by atoms with E-state index in [-0.39, 0.29) is 11.1 Å². The molecule has 1 aliphatic rings. The number of ether oxygens (including phenoxy) is 1. The van der Waals surface area contributed by atoms with Gasteiger partial charge in [-0.05, 0) is 19.4 Å². The van der Waals surface area contributed by atoms with Crippen LogP contribution in [0.25, 0.3) is 0 Å². The summed E-state index contributed by atoms with van der Waals surface area (Å²) in [5, 5.41) is 9.70. The lowest BCUT2D eigenvalue weighted by molar-refractivity contribution is 0.192. The Morgan fingerprint density at radius 3 is 3.11 bits per heavy atom. The number of hydrogen-bond donors (Lipinski definition) is 3. The van der Waals surface area contributed by atoms with E-state index in [4.69, 9.17) is 4.74 Å². The summed E-state index contributed by atoms with van der Waals surface area (Å²) in [6.45, 7) is 4.41. The third-order valence-electron chi connectivity index (χ3n) is 2.94. The van der Waals surface area contributed by atoms with Crippen LogP contribution in [0.1, 0.15) is 25.3 Å². The number of rotatable bonds is 7. The molecule has 3 N–H and O–H groups in total. The number of H-pyrrole nitrogens is 1. The van der Waals surface area contributed by atoms with E-state index in [0.29, 0.717) is 31.7 Å². The number of aromatic amines is 1. The van der Waals surface area contributed by atoms with Crippen molar-refractivity contribution in [2.45, 2.75) is 37.4 Å². The smallest absolute Gasteiger partial charge is 0.258 e. The number of aromatic nitrogens is 2. The summed E-state index contributed by atoms with van der Waals surface area (Å²) < 4.78 is 32.3. The maximum absolute atomic E-state index is 12.2. The lowest BCUT2D eigenvalue weighted by Crippen LogP contribution is -2.35. The van der Waals surface area contributed by atoms with Crippen LogP contribution in [0, 0.1) is 0 Å². The highest BCUT2D eigenvalue weighted by Crippen LogP contribution is 2.14. The second-order valence-electron chi connectivity index (χ2n) is 4.58. The van der Waals surface area contributed by atoms with Crippen molar-refractivity contribution in [3.05, 3.63) is 11.8 Å². The Balaban J connectivity index is 2.04. The molecule has 0 saturated carbocycles. The Kier molecular flexibility index (Phi) is 4.92. The Labute approximate surface area is 113 Å². The number of sulfonamides is 1. The molecular formula is C11H20N4O3S. The molecule has 2 heterocycles. The van der Waals surface area contributed by atoms with E-state index in [0.717, 1.165) is 13.0 Å². The molecule has 1 aromatic rings. The van der Waals surface area contributed by atoms with Crippen LogP contribution in [-0.4, -0.2) is 44.4 Å². The van der Waals surface area contributed by atoms with Gasteiger partial charge in [-0.25, -0.2) is 13.1 Å². The molecule has 0 spiro atoms. The molecule has 1 unspecified atom stereocenters. The molecule has 0 amide bonds. The second kappa shape index (κ2) is 6.47. The third kappa shape index (κ3) is 3.75. The summed E-state index contributed by atoms with van der Waals surface area (Å²) in [5.41, 5.74) is 0.653. The van der Waals surface area contributed by atoms with Crippen LogP contribution in [0.4, 0.5) is 0 Å². The van der Waals surface area contributed by atoms with Crippen LogP contribution >= 0.6 is 0 Å². The molecule has 1 fully saturated rings. The van der Waals surface area contributed by atoms with Crippen molar-refractivity contribution >= 4 is 10.0 Å². The Hall–Kier alpha value is -0.960. The Bertz CT molecular complexity index is 494. The topological polar surface area (TPSA) is 96.1 Å². The molecule has 2 rings (SSSR count). The van der Waals surface area contributed by atoms with Crippen molar-refractivity contribution in [2.75, 3.05) is 19.8 Å². The van der Waals surface area contributed by atoms with Crippen LogP contribution in [0.15, 0.2) is 11.2 Å². The summed E-state index contributed by atoms with van der Waals surface area (Å²) in [6.07, 6.45) is 3.25. The highest BCUT2D eigenvalue weighted by atomic mass is 32.2. The molecule has 0 bridgehead atoms. The van der Waals surface area contributed by atoms with Crippen LogP contribution in [-0.2, 0) is 21.3 Å². The van der Waals surface area contributed by atoms with Crippen molar-refractivity contribution < 1.29 is 13.2 Å². The molecule has 0 aromatic carbocycles. The zero-order chi connectivity index (χ0) is 13.7. The van der Waals surface area contributed by atoms with E-state index in [2.05, 4.69) is 27.2 Å². The monoisotopic (exact) mass is 288 g/mol. The SMILES string of the molecule is CCCNCc1cn[nH]c1S(=O)(=O)NC1CCOC1. The number of hydrogen-bond acceptors (Lipinski definition) is 5. The fraction of sp³-hybridized carbons (Fsp3) is 0.727. The maximum Gasteiger partial charge on any atom is 0.258 e. The lowest BCUT2D eigenvalue weighted by Gasteiger charge is -2.11. The summed E-state index contributed by atoms with van der Waals surface area (Å²) >= 11 is 0. The molecule has 7 nitrogen and oxygen atoms in total. The number of nitrogens with zero attached hydrogens (tertiary/aromatic N) is 1. The molecule has 1 atom stereocenters. The first-order chi connectivity index (χ1) is 9.13. The summed E-state index contributed by atoms with van der Waals surface area (Å²) in [6, 6.07) is -0.148. The largest absolute Gasteiger partial charge is 0.380 e. The van der Waals surface area contributed by atoms with Crippen LogP contribution < -0.4 is 10.0 Å². The summed E-state index contributed by atoms with van der Waals surface area (Å²) in [7, 11) is -3.56. The number of nitrogens with one attached hydrogen (secondary N) is 3. The minimum atomic E-state index is -3.56. The maximum atomic E-state index is 12.2. The van der Waals surface area contributed by atoms with Gasteiger partial charge in [0.2, 0.25) is 0 Å². The predicted molar refractivity (Wildman–Crippen MR) is 70.1 cm³/mol. The van der Waals surface area contributed by atoms with E-state index < -0.39 is 10.0 Å². The van der Waals surface area contributed by atoms with Crippen LogP contribution in [0.3, 0.4) is 0 Å². The van der Waals surface area contributed by atoms with E-state index in [1.165, 1.54) is 0 Å². The van der Waals surface area contributed by atoms with Gasteiger partial charge in [-0.2, -0.15) is 5.10 Å². The quantitative estimate of drug-likeness (QED) is 0.613. The van der Waals surface area contributed by atoms with Gasteiger partial charge in [0.25, 0.3) is 10.0 Å². The first-order valence-electron chi connectivity index (χ1n) is 6.46. The fourth-order valence-electron chi connectivity index (χ4n) is 1.96. The summed E-state index contributed by atoms with van der Waals surface area (Å²) in [4.78, 5) is 0. The molecule has 8 heteroatoms. The second-order valence-corrected chi connectivity index (χ2v) is 6.23. The Morgan fingerprint density at radius 2 is 2.42 bits per heavy atom. The van der Waals surface area contributed by atoms with E-state index in [1.54, 1.807) is 6.20 Å². The molecule has 108 valence electrons. The van der Waals surface area contributed by atoms with Gasteiger partial charge in [-0.15, -0.1) is 0 Å². The van der Waals surface area contributed by atoms with Gasteiger partial charge in [0.05, 0.1) is 12.8 Å². The van der Waals surface area contributed by atoms with Gasteiger partial charge in [0.1, 0.15) is 0 Å². The lowest BCUT2D eigenvalue weighted by atomic mass is 10.3. The zero-order valence-corrected chi connectivity index (χ0v) is 11.8. The van der Waals surface area contributed by atoms with Crippen LogP contribution in [0.2, 0.25) is 0 Å². The zero-order valence-electron chi connectivity index (χ0n) is 11.0. The van der Waals surface area contributed by atoms with Gasteiger partial charge in [0, 0.05) is 24.8 Å². The van der Waals surface area contributed by atoms with Crippen molar-refractivity contribution in [3.63, 3.8) is 0 Å². The minimum Gasteiger partial charge on any atom is -0.380 e. The minimum absolute atomic E-state index is 0.142. The van der Waals surface area contributed by atoms with E-state index in [9.17, 15) is 8.42 Å². The highest BCUT2D eigenvalue weighted by molar-refractivity contribution is 7.89. The van der Waals surface area contributed by atoms with Crippen molar-refractivity contribution in [3.8, 4) is 0 Å². The molecule has 0 aliphatic carbocycles. The fourth-order valence-corrected chi connectivity index (χ4v) is 3.35. The Morgan fingerprint density at radius 1 is 1.58 bits per heavy atom. The standard InChI is InChI=1S/C11H20N4O3S/c1-2-4-12-6-9-7-13-14-11(9)19(16,17)15-10-3-5-18-8-10/h7,10,12,15H,2-6,8H2,1H3,(H,13,14). The van der Waals surface area contributed by atoms with Crippen molar-refractivity contribution in [2.24, 2.45) is 0 Å². The van der Waals surface area contributed by atoms with Gasteiger partial charge in [-0.1, -0.05) is 6.92 Å². The molecule has 1 aromatic heterocycles. The van der Waals surface area contributed by atoms with Gasteiger partial charge < -0.3 is 10.1 Å². The average molecular weight is 288 g/mol. The predicted octanol–water partition coefficient (Wildman–Crippen LogP) is -0.0235. The third-order valence-corrected chi connectivity index (χ3v) is 4.48. The first-order valence-corrected chi connectivity index (χ1v) is 7.95. The van der Waals surface area contributed by atoms with Gasteiger partial charge in [-0.3, -0.25) is 5.10 Å². The van der Waals surface area contributed by atoms with E-state index in [1.807, 2.05) is 0 Å². The molecular weight excluding hydrogens is 268 g/mol. The van der Waals surface area contributed by atoms with Gasteiger partial charge >= 0.3 is 0 Å². The summed E-state index contributed by atoms with van der Waals surface area (Å²) in [5.74, 6) is 0. The molecule has 0 radical (unpaired) electrons. The molecule has 19 heavy (non-hydrogen) atoms. The molecule has 1 aliphatic heterocycles. The average Bonchev–Trinajstić information content (AvgIpc) is 3.00. The highest BCUT2D eigenvalue weighted by Gasteiger charge is 2.26. The normalized spacial score (nSPS) is 19.9. The first kappa shape index (κ1) is 14.4. The van der Waals surface area contributed by atoms with E-state index >= 15 is 0 Å². The van der Waals surface area contributed by atoms with Gasteiger partial charge in [0.15, 0.2) is 5.03 Å². The molecule has 1 saturated heterocycles.